The van der Waals surface area contributed by atoms with Crippen LogP contribution in [0.1, 0.15) is 0 Å². The number of hydrogen-bond donors (Lipinski definition) is 4. The average molecular weight is 246 g/mol. The van der Waals surface area contributed by atoms with Gasteiger partial charge < -0.3 is 29.5 Å². The molecule has 90 valence electrons. The van der Waals surface area contributed by atoms with Gasteiger partial charge in [0, 0.05) is 0 Å². The summed E-state index contributed by atoms with van der Waals surface area (Å²) in [6.45, 7) is -0.600. The van der Waals surface area contributed by atoms with Crippen molar-refractivity contribution < 1.29 is 38.4 Å². The van der Waals surface area contributed by atoms with Gasteiger partial charge in [0.1, 0.15) is 12.2 Å². The van der Waals surface area contributed by atoms with E-state index in [1.54, 1.807) is 0 Å². The number of halogens is 1. The van der Waals surface area contributed by atoms with Crippen molar-refractivity contribution in [3.05, 3.63) is 0 Å². The van der Waals surface area contributed by atoms with E-state index in [0.29, 0.717) is 0 Å². The molecule has 1 saturated heterocycles. The van der Waals surface area contributed by atoms with Crippen LogP contribution in [0.5, 0.6) is 0 Å². The number of alkyl halides is 1. The Hall–Kier alpha value is -0.0800. The zero-order valence-corrected chi connectivity index (χ0v) is 8.46. The summed E-state index contributed by atoms with van der Waals surface area (Å²) in [5.74, 6) is 0. The number of rotatable bonds is 4. The third-order valence-electron chi connectivity index (χ3n) is 1.86. The molecule has 1 aliphatic rings. The van der Waals surface area contributed by atoms with E-state index < -0.39 is 45.2 Å². The van der Waals surface area contributed by atoms with Gasteiger partial charge in [-0.05, 0) is 0 Å². The van der Waals surface area contributed by atoms with Crippen molar-refractivity contribution in [1.82, 2.24) is 0 Å². The molecule has 1 aliphatic heterocycles. The maximum absolute atomic E-state index is 13.1. The molecule has 1 fully saturated rings. The number of hydrogen-bond acceptors (Lipinski definition) is 5. The van der Waals surface area contributed by atoms with Crippen LogP contribution in [-0.4, -0.2) is 57.6 Å². The summed E-state index contributed by atoms with van der Waals surface area (Å²) in [7, 11) is -4.41. The highest BCUT2D eigenvalue weighted by molar-refractivity contribution is 7.51. The van der Waals surface area contributed by atoms with E-state index in [9.17, 15) is 8.96 Å². The molecule has 9 heteroatoms. The van der Waals surface area contributed by atoms with Crippen molar-refractivity contribution in [2.45, 2.75) is 24.7 Å². The first-order valence-electron chi connectivity index (χ1n) is 4.10. The van der Waals surface area contributed by atoms with Gasteiger partial charge in [-0.15, -0.1) is 0 Å². The second-order valence-electron chi connectivity index (χ2n) is 3.12. The molecule has 0 aromatic rings. The van der Waals surface area contributed by atoms with Crippen LogP contribution in [0.15, 0.2) is 0 Å². The molecule has 0 radical (unpaired) electrons. The normalized spacial score (nSPS) is 37.1. The van der Waals surface area contributed by atoms with Gasteiger partial charge in [0.25, 0.3) is 0 Å². The van der Waals surface area contributed by atoms with E-state index in [4.69, 9.17) is 20.0 Å². The van der Waals surface area contributed by atoms with Gasteiger partial charge in [-0.1, -0.05) is 0 Å². The molecular weight excluding hydrogens is 234 g/mol. The minimum atomic E-state index is -4.41. The van der Waals surface area contributed by atoms with E-state index in [1.807, 2.05) is 0 Å². The quantitative estimate of drug-likeness (QED) is 0.448. The highest BCUT2D eigenvalue weighted by Crippen LogP contribution is 2.36. The standard InChI is InChI=1S/C6H12FO7P/c7-4-5(9)3(1-8)14-6(4)13-2-15(10,11)12/h3-6,8-9H,1-2H2,(H2,10,11,12)/t3-,4+,5-,6+/m1/s1. The Morgan fingerprint density at radius 2 is 2.07 bits per heavy atom. The summed E-state index contributed by atoms with van der Waals surface area (Å²) in [5.41, 5.74) is 0. The molecule has 0 bridgehead atoms. The highest BCUT2D eigenvalue weighted by atomic mass is 31.2. The fraction of sp³-hybridized carbons (Fsp3) is 1.00. The molecule has 1 heterocycles. The summed E-state index contributed by atoms with van der Waals surface area (Å²) in [6, 6.07) is 0. The summed E-state index contributed by atoms with van der Waals surface area (Å²) in [4.78, 5) is 16.9. The van der Waals surface area contributed by atoms with Crippen molar-refractivity contribution in [1.29, 1.82) is 0 Å². The van der Waals surface area contributed by atoms with Crippen LogP contribution in [-0.2, 0) is 14.0 Å². The third-order valence-corrected chi connectivity index (χ3v) is 2.35. The zero-order chi connectivity index (χ0) is 11.6. The monoisotopic (exact) mass is 246 g/mol. The van der Waals surface area contributed by atoms with E-state index in [2.05, 4.69) is 9.47 Å². The van der Waals surface area contributed by atoms with E-state index in [1.165, 1.54) is 0 Å². The predicted octanol–water partition coefficient (Wildman–Crippen LogP) is -1.45. The number of ether oxygens (including phenoxy) is 2. The first-order chi connectivity index (χ1) is 6.85. The third kappa shape index (κ3) is 3.46. The van der Waals surface area contributed by atoms with Gasteiger partial charge in [0.2, 0.25) is 0 Å². The predicted molar refractivity (Wildman–Crippen MR) is 44.6 cm³/mol. The zero-order valence-electron chi connectivity index (χ0n) is 7.56. The van der Waals surface area contributed by atoms with Gasteiger partial charge in [-0.2, -0.15) is 0 Å². The first-order valence-corrected chi connectivity index (χ1v) is 5.89. The lowest BCUT2D eigenvalue weighted by Gasteiger charge is -2.14. The summed E-state index contributed by atoms with van der Waals surface area (Å²) in [5, 5.41) is 17.8. The fourth-order valence-corrected chi connectivity index (χ4v) is 1.49. The van der Waals surface area contributed by atoms with Crippen molar-refractivity contribution >= 4 is 7.60 Å². The second-order valence-corrected chi connectivity index (χ2v) is 4.71. The van der Waals surface area contributed by atoms with Gasteiger partial charge in [0.15, 0.2) is 18.8 Å². The van der Waals surface area contributed by atoms with Crippen molar-refractivity contribution in [3.8, 4) is 0 Å². The SMILES string of the molecule is O=P(O)(O)CO[C@H]1O[C@H](CO)[C@@H](O)[C@@H]1F. The van der Waals surface area contributed by atoms with Gasteiger partial charge in [-0.25, -0.2) is 4.39 Å². The molecule has 0 spiro atoms. The van der Waals surface area contributed by atoms with Crippen molar-refractivity contribution in [2.24, 2.45) is 0 Å². The fourth-order valence-electron chi connectivity index (χ4n) is 1.15. The van der Waals surface area contributed by atoms with Crippen LogP contribution in [0, 0.1) is 0 Å². The van der Waals surface area contributed by atoms with Crippen molar-refractivity contribution in [3.63, 3.8) is 0 Å². The molecule has 4 N–H and O–H groups in total. The minimum Gasteiger partial charge on any atom is -0.394 e. The average Bonchev–Trinajstić information content (AvgIpc) is 2.40. The van der Waals surface area contributed by atoms with Crippen LogP contribution in [0.3, 0.4) is 0 Å². The summed E-state index contributed by atoms with van der Waals surface area (Å²) < 4.78 is 32.7. The maximum atomic E-state index is 13.1. The largest absolute Gasteiger partial charge is 0.394 e. The number of aliphatic hydroxyl groups excluding tert-OH is 2. The lowest BCUT2D eigenvalue weighted by Crippen LogP contribution is -2.31. The maximum Gasteiger partial charge on any atom is 0.351 e. The van der Waals surface area contributed by atoms with Gasteiger partial charge in [-0.3, -0.25) is 4.57 Å². The minimum absolute atomic E-state index is 0.600. The molecular formula is C6H12FO7P. The van der Waals surface area contributed by atoms with Crippen molar-refractivity contribution in [2.75, 3.05) is 13.0 Å². The summed E-state index contributed by atoms with van der Waals surface area (Å²) >= 11 is 0. The molecule has 0 amide bonds. The molecule has 15 heavy (non-hydrogen) atoms. The lowest BCUT2D eigenvalue weighted by molar-refractivity contribution is -0.149. The molecule has 0 aromatic heterocycles. The topological polar surface area (TPSA) is 116 Å². The molecule has 0 unspecified atom stereocenters. The highest BCUT2D eigenvalue weighted by Gasteiger charge is 2.45. The van der Waals surface area contributed by atoms with Crippen LogP contribution < -0.4 is 0 Å². The summed E-state index contributed by atoms with van der Waals surface area (Å²) in [6.07, 6.45) is -7.19. The van der Waals surface area contributed by atoms with E-state index >= 15 is 0 Å². The molecule has 7 nitrogen and oxygen atoms in total. The Labute approximate surface area is 84.6 Å². The molecule has 0 aromatic carbocycles. The molecule has 1 rings (SSSR count). The Morgan fingerprint density at radius 3 is 2.47 bits per heavy atom. The van der Waals surface area contributed by atoms with Crippen LogP contribution in [0.25, 0.3) is 0 Å². The van der Waals surface area contributed by atoms with Crippen LogP contribution in [0.2, 0.25) is 0 Å². The molecule has 4 atom stereocenters. The molecule has 0 aliphatic carbocycles. The van der Waals surface area contributed by atoms with E-state index in [0.717, 1.165) is 0 Å². The molecule has 0 saturated carbocycles. The smallest absolute Gasteiger partial charge is 0.351 e. The van der Waals surface area contributed by atoms with Gasteiger partial charge >= 0.3 is 7.60 Å². The lowest BCUT2D eigenvalue weighted by atomic mass is 10.2. The Bertz CT molecular complexity index is 256. The van der Waals surface area contributed by atoms with Crippen LogP contribution >= 0.6 is 7.60 Å². The number of aliphatic hydroxyl groups is 2. The van der Waals surface area contributed by atoms with Crippen LogP contribution in [0.4, 0.5) is 4.39 Å². The first kappa shape index (κ1) is 13.0. The Morgan fingerprint density at radius 1 is 1.47 bits per heavy atom. The second kappa shape index (κ2) is 4.84. The Kier molecular flexibility index (Phi) is 4.19. The van der Waals surface area contributed by atoms with E-state index in [-0.39, 0.29) is 0 Å². The van der Waals surface area contributed by atoms with Gasteiger partial charge in [0.05, 0.1) is 6.61 Å². The Balaban J connectivity index is 2.47.